The highest BCUT2D eigenvalue weighted by Crippen LogP contribution is 2.17. The second-order valence-electron chi connectivity index (χ2n) is 8.90. The van der Waals surface area contributed by atoms with Crippen molar-refractivity contribution in [3.63, 3.8) is 0 Å². The van der Waals surface area contributed by atoms with Crippen molar-refractivity contribution in [1.29, 1.82) is 0 Å². The van der Waals surface area contributed by atoms with Gasteiger partial charge in [0.05, 0.1) is 39.6 Å². The summed E-state index contributed by atoms with van der Waals surface area (Å²) in [5.41, 5.74) is -0.385. The molecule has 9 nitrogen and oxygen atoms in total. The molecule has 0 aliphatic carbocycles. The monoisotopic (exact) mass is 492 g/mol. The molecule has 0 bridgehead atoms. The van der Waals surface area contributed by atoms with Gasteiger partial charge in [-0.15, -0.1) is 0 Å². The number of carbonyl (C=O) groups excluding carboxylic acids is 2. The van der Waals surface area contributed by atoms with Gasteiger partial charge in [0, 0.05) is 38.1 Å². The molecule has 33 heavy (non-hydrogen) atoms. The molecular weight excluding hydrogens is 444 g/mol. The van der Waals surface area contributed by atoms with Crippen molar-refractivity contribution >= 4 is 20.4 Å². The highest BCUT2D eigenvalue weighted by molar-refractivity contribution is 6.66. The average molecular weight is 493 g/mol. The Morgan fingerprint density at radius 2 is 1.24 bits per heavy atom. The van der Waals surface area contributed by atoms with E-state index in [1.165, 1.54) is 0 Å². The van der Waals surface area contributed by atoms with Crippen molar-refractivity contribution in [1.82, 2.24) is 10.6 Å². The number of carbonyl (C=O) groups is 2. The first kappa shape index (κ1) is 32.0. The van der Waals surface area contributed by atoms with Crippen molar-refractivity contribution in [3.05, 3.63) is 0 Å². The first-order chi connectivity index (χ1) is 15.6. The Labute approximate surface area is 201 Å². The summed E-state index contributed by atoms with van der Waals surface area (Å²) in [7, 11) is -2.08. The van der Waals surface area contributed by atoms with Crippen LogP contribution in [0.3, 0.4) is 0 Å². The second-order valence-corrected chi connectivity index (χ2v) is 12.2. The van der Waals surface area contributed by atoms with E-state index in [0.29, 0.717) is 72.4 Å². The standard InChI is InChI=1S/C23H48N2O7Si/c1-7-31-33(6,32-8-2)20-10-9-11-21(26)24-12-14-28-16-18-30-19-17-29-15-13-25-22(27)23(3,4)5/h7-20H2,1-6H3,(H,24,26)(H,25,27). The Kier molecular flexibility index (Phi) is 18.7. The van der Waals surface area contributed by atoms with Crippen LogP contribution in [-0.2, 0) is 32.7 Å². The highest BCUT2D eigenvalue weighted by Gasteiger charge is 2.29. The van der Waals surface area contributed by atoms with E-state index < -0.39 is 8.56 Å². The summed E-state index contributed by atoms with van der Waals surface area (Å²) in [6.07, 6.45) is 2.26. The minimum Gasteiger partial charge on any atom is -0.395 e. The summed E-state index contributed by atoms with van der Waals surface area (Å²) in [6.45, 7) is 16.8. The molecule has 0 aliphatic heterocycles. The molecule has 0 aliphatic rings. The molecule has 0 fully saturated rings. The van der Waals surface area contributed by atoms with Crippen LogP contribution < -0.4 is 10.6 Å². The summed E-state index contributed by atoms with van der Waals surface area (Å²) in [6, 6.07) is 0.907. The van der Waals surface area contributed by atoms with Gasteiger partial charge in [0.15, 0.2) is 0 Å². The van der Waals surface area contributed by atoms with Crippen molar-refractivity contribution in [2.45, 2.75) is 66.5 Å². The fourth-order valence-corrected chi connectivity index (χ4v) is 5.41. The maximum Gasteiger partial charge on any atom is 0.334 e. The normalized spacial score (nSPS) is 12.1. The third-order valence-corrected chi connectivity index (χ3v) is 7.77. The number of hydrogen-bond donors (Lipinski definition) is 2. The molecule has 196 valence electrons. The fourth-order valence-electron chi connectivity index (χ4n) is 2.92. The third-order valence-electron chi connectivity index (χ3n) is 4.71. The van der Waals surface area contributed by atoms with Crippen molar-refractivity contribution in [2.24, 2.45) is 5.41 Å². The van der Waals surface area contributed by atoms with Gasteiger partial charge in [0.2, 0.25) is 11.8 Å². The van der Waals surface area contributed by atoms with Crippen LogP contribution in [0, 0.1) is 5.41 Å². The van der Waals surface area contributed by atoms with E-state index in [0.717, 1.165) is 18.9 Å². The van der Waals surface area contributed by atoms with Crippen LogP contribution in [0.2, 0.25) is 12.6 Å². The number of hydrogen-bond acceptors (Lipinski definition) is 7. The molecule has 10 heteroatoms. The average Bonchev–Trinajstić information content (AvgIpc) is 2.74. The summed E-state index contributed by atoms with van der Waals surface area (Å²) in [5.74, 6) is 0.0571. The Morgan fingerprint density at radius 1 is 0.758 bits per heavy atom. The van der Waals surface area contributed by atoms with E-state index in [-0.39, 0.29) is 17.2 Å². The minimum atomic E-state index is -2.08. The maximum atomic E-state index is 11.9. The van der Waals surface area contributed by atoms with Crippen LogP contribution in [0.25, 0.3) is 0 Å². The van der Waals surface area contributed by atoms with E-state index in [2.05, 4.69) is 17.2 Å². The number of nitrogens with one attached hydrogen (secondary N) is 2. The Balaban J connectivity index is 3.46. The van der Waals surface area contributed by atoms with Gasteiger partial charge in [-0.2, -0.15) is 0 Å². The zero-order valence-electron chi connectivity index (χ0n) is 21.8. The van der Waals surface area contributed by atoms with Gasteiger partial charge >= 0.3 is 8.56 Å². The number of unbranched alkanes of at least 4 members (excludes halogenated alkanes) is 1. The van der Waals surface area contributed by atoms with Gasteiger partial charge in [-0.1, -0.05) is 27.2 Å². The maximum absolute atomic E-state index is 11.9. The molecule has 0 rings (SSSR count). The topological polar surface area (TPSA) is 104 Å². The lowest BCUT2D eigenvalue weighted by molar-refractivity contribution is -0.128. The van der Waals surface area contributed by atoms with Gasteiger partial charge in [-0.05, 0) is 32.9 Å². The van der Waals surface area contributed by atoms with Crippen molar-refractivity contribution < 1.29 is 32.7 Å². The van der Waals surface area contributed by atoms with Crippen LogP contribution in [0.15, 0.2) is 0 Å². The van der Waals surface area contributed by atoms with Gasteiger partial charge in [-0.25, -0.2) is 0 Å². The number of rotatable bonds is 21. The molecular formula is C23H48N2O7Si. The van der Waals surface area contributed by atoms with E-state index in [1.54, 1.807) is 0 Å². The van der Waals surface area contributed by atoms with Crippen LogP contribution >= 0.6 is 0 Å². The van der Waals surface area contributed by atoms with E-state index >= 15 is 0 Å². The second kappa shape index (κ2) is 19.3. The largest absolute Gasteiger partial charge is 0.395 e. The number of amides is 2. The Morgan fingerprint density at radius 3 is 1.73 bits per heavy atom. The smallest absolute Gasteiger partial charge is 0.334 e. The molecule has 0 saturated heterocycles. The predicted molar refractivity (Wildman–Crippen MR) is 131 cm³/mol. The Bertz CT molecular complexity index is 510. The van der Waals surface area contributed by atoms with Gasteiger partial charge in [0.1, 0.15) is 0 Å². The van der Waals surface area contributed by atoms with E-state index in [9.17, 15) is 9.59 Å². The van der Waals surface area contributed by atoms with Gasteiger partial charge in [0.25, 0.3) is 0 Å². The molecule has 0 spiro atoms. The van der Waals surface area contributed by atoms with Crippen LogP contribution in [0.1, 0.15) is 53.9 Å². The molecule has 0 aromatic heterocycles. The number of ether oxygens (including phenoxy) is 3. The quantitative estimate of drug-likeness (QED) is 0.187. The SMILES string of the molecule is CCO[Si](C)(CCCCC(=O)NCCOCCOCCOCCNC(=O)C(C)(C)C)OCC. The van der Waals surface area contributed by atoms with Crippen molar-refractivity contribution in [2.75, 3.05) is 65.9 Å². The molecule has 2 amide bonds. The van der Waals surface area contributed by atoms with Crippen LogP contribution in [-0.4, -0.2) is 86.3 Å². The molecule has 0 aromatic rings. The van der Waals surface area contributed by atoms with E-state index in [1.807, 2.05) is 34.6 Å². The molecule has 2 N–H and O–H groups in total. The van der Waals surface area contributed by atoms with Gasteiger partial charge < -0.3 is 33.7 Å². The lowest BCUT2D eigenvalue weighted by Gasteiger charge is -2.25. The van der Waals surface area contributed by atoms with Crippen molar-refractivity contribution in [3.8, 4) is 0 Å². The Hall–Kier alpha value is -1.04. The molecule has 0 heterocycles. The van der Waals surface area contributed by atoms with Crippen LogP contribution in [0.5, 0.6) is 0 Å². The summed E-state index contributed by atoms with van der Waals surface area (Å²) in [5, 5.41) is 5.70. The molecule has 0 unspecified atom stereocenters. The zero-order chi connectivity index (χ0) is 25.0. The summed E-state index contributed by atoms with van der Waals surface area (Å²) < 4.78 is 27.9. The molecule has 0 radical (unpaired) electrons. The zero-order valence-corrected chi connectivity index (χ0v) is 22.8. The highest BCUT2D eigenvalue weighted by atomic mass is 28.4. The van der Waals surface area contributed by atoms with Crippen LogP contribution in [0.4, 0.5) is 0 Å². The molecule has 0 saturated carbocycles. The minimum absolute atomic E-state index is 0.0137. The lowest BCUT2D eigenvalue weighted by Crippen LogP contribution is -2.38. The fraction of sp³-hybridized carbons (Fsp3) is 0.913. The molecule has 0 aromatic carbocycles. The first-order valence-electron chi connectivity index (χ1n) is 12.2. The lowest BCUT2D eigenvalue weighted by atomic mass is 9.96. The molecule has 0 atom stereocenters. The third kappa shape index (κ3) is 19.0. The first-order valence-corrected chi connectivity index (χ1v) is 14.7. The van der Waals surface area contributed by atoms with E-state index in [4.69, 9.17) is 23.1 Å². The summed E-state index contributed by atoms with van der Waals surface area (Å²) in [4.78, 5) is 23.6. The predicted octanol–water partition coefficient (Wildman–Crippen LogP) is 2.63. The van der Waals surface area contributed by atoms with Gasteiger partial charge in [-0.3, -0.25) is 9.59 Å². The summed E-state index contributed by atoms with van der Waals surface area (Å²) >= 11 is 0.